The van der Waals surface area contributed by atoms with Gasteiger partial charge in [-0.3, -0.25) is 5.43 Å². The second-order valence-corrected chi connectivity index (χ2v) is 13.3. The van der Waals surface area contributed by atoms with Crippen LogP contribution in [0.25, 0.3) is 0 Å². The molecule has 0 saturated carbocycles. The van der Waals surface area contributed by atoms with Crippen molar-refractivity contribution in [2.24, 2.45) is 10.2 Å². The molecule has 14 heteroatoms. The normalized spacial score (nSPS) is 13.6. The Morgan fingerprint density at radius 2 is 1.62 bits per heavy atom. The third-order valence-corrected chi connectivity index (χ3v) is 9.68. The summed E-state index contributed by atoms with van der Waals surface area (Å²) in [5, 5.41) is 10.7. The molecule has 0 radical (unpaired) electrons. The number of nitrogens with one attached hydrogen (secondary N) is 4. The molecule has 0 atom stereocenters. The van der Waals surface area contributed by atoms with Crippen LogP contribution >= 0.6 is 22.9 Å². The maximum atomic E-state index is 11.9. The summed E-state index contributed by atoms with van der Waals surface area (Å²) in [5.41, 5.74) is 18.5. The highest BCUT2D eigenvalue weighted by Crippen LogP contribution is 2.32. The van der Waals surface area contributed by atoms with Gasteiger partial charge in [0.1, 0.15) is 5.00 Å². The van der Waals surface area contributed by atoms with Crippen LogP contribution in [-0.2, 0) is 9.84 Å². The minimum atomic E-state index is -3.46. The molecule has 0 spiro atoms. The molecule has 1 aliphatic heterocycles. The quantitative estimate of drug-likeness (QED) is 0.107. The van der Waals surface area contributed by atoms with Gasteiger partial charge in [0.2, 0.25) is 15.0 Å². The Balaban J connectivity index is 1.14. The lowest BCUT2D eigenvalue weighted by molar-refractivity contribution is 0.590. The number of aromatic nitrogens is 2. The number of rotatable bonds is 11. The van der Waals surface area contributed by atoms with Gasteiger partial charge < -0.3 is 21.2 Å². The summed E-state index contributed by atoms with van der Waals surface area (Å²) >= 11 is 2.66. The molecular weight excluding hydrogens is 567 g/mol. The average Bonchev–Trinajstić information content (AvgIpc) is 3.73. The molecule has 5 rings (SSSR count). The molecule has 0 unspecified atom stereocenters. The Morgan fingerprint density at radius 3 is 2.35 bits per heavy atom. The smallest absolute Gasteiger partial charge is 0.260 e. The number of nitrogens with zero attached hydrogens (tertiary/aromatic N) is 5. The number of hydrogen-bond acceptors (Lipinski definition) is 13. The van der Waals surface area contributed by atoms with Crippen LogP contribution in [0.2, 0.25) is 0 Å². The van der Waals surface area contributed by atoms with E-state index in [1.807, 2.05) is 44.2 Å². The molecule has 210 valence electrons. The first kappa shape index (κ1) is 27.8. The highest BCUT2D eigenvalue weighted by Gasteiger charge is 2.18. The van der Waals surface area contributed by atoms with Crippen LogP contribution in [0, 0.1) is 13.8 Å². The van der Waals surface area contributed by atoms with Crippen LogP contribution in [0.15, 0.2) is 63.9 Å². The summed E-state index contributed by atoms with van der Waals surface area (Å²) in [5.74, 6) is -0.0605. The third kappa shape index (κ3) is 6.69. The molecule has 3 heterocycles. The van der Waals surface area contributed by atoms with Gasteiger partial charge in [-0.05, 0) is 86.3 Å². The van der Waals surface area contributed by atoms with Crippen LogP contribution in [0.5, 0.6) is 0 Å². The van der Waals surface area contributed by atoms with E-state index in [0.29, 0.717) is 5.69 Å². The monoisotopic (exact) mass is 597 g/mol. The topological polar surface area (TPSA) is 136 Å². The summed E-state index contributed by atoms with van der Waals surface area (Å²) in [7, 11) is -3.46. The fourth-order valence-electron chi connectivity index (χ4n) is 4.10. The zero-order chi connectivity index (χ0) is 28.1. The van der Waals surface area contributed by atoms with Gasteiger partial charge in [0.05, 0.1) is 33.5 Å². The van der Waals surface area contributed by atoms with Gasteiger partial charge in [-0.25, -0.2) is 8.42 Å². The molecule has 0 amide bonds. The molecule has 40 heavy (non-hydrogen) atoms. The second-order valence-electron chi connectivity index (χ2n) is 9.33. The predicted molar refractivity (Wildman–Crippen MR) is 164 cm³/mol. The molecular formula is C26H31N9O2S3. The van der Waals surface area contributed by atoms with E-state index in [2.05, 4.69) is 64.4 Å². The molecule has 0 aliphatic carbocycles. The number of hydrazine groups is 2. The largest absolute Gasteiger partial charge is 0.363 e. The van der Waals surface area contributed by atoms with Gasteiger partial charge in [0.15, 0.2) is 0 Å². The fourth-order valence-corrected chi connectivity index (χ4v) is 6.52. The Kier molecular flexibility index (Phi) is 8.47. The Labute approximate surface area is 241 Å². The van der Waals surface area contributed by atoms with Crippen LogP contribution in [0.1, 0.15) is 30.9 Å². The Bertz CT molecular complexity index is 1610. The maximum Gasteiger partial charge on any atom is 0.260 e. The van der Waals surface area contributed by atoms with Crippen LogP contribution in [0.4, 0.5) is 37.9 Å². The molecule has 1 saturated heterocycles. The van der Waals surface area contributed by atoms with Gasteiger partial charge in [0.25, 0.3) is 5.16 Å². The molecule has 4 N–H and O–H groups in total. The summed E-state index contributed by atoms with van der Waals surface area (Å²) in [6.07, 6.45) is 2.54. The van der Waals surface area contributed by atoms with Crippen molar-refractivity contribution < 1.29 is 8.42 Å². The van der Waals surface area contributed by atoms with Crippen molar-refractivity contribution in [3.63, 3.8) is 0 Å². The van der Waals surface area contributed by atoms with E-state index in [-0.39, 0.29) is 16.0 Å². The van der Waals surface area contributed by atoms with Gasteiger partial charge in [-0.2, -0.15) is 9.36 Å². The number of thiophene rings is 1. The molecule has 0 bridgehead atoms. The van der Waals surface area contributed by atoms with E-state index in [0.717, 1.165) is 57.8 Å². The summed E-state index contributed by atoms with van der Waals surface area (Å²) < 4.78 is 27.7. The van der Waals surface area contributed by atoms with Gasteiger partial charge in [-0.1, -0.05) is 18.3 Å². The van der Waals surface area contributed by atoms with Crippen molar-refractivity contribution in [3.05, 3.63) is 59.7 Å². The van der Waals surface area contributed by atoms with Crippen molar-refractivity contribution in [3.8, 4) is 0 Å². The summed E-state index contributed by atoms with van der Waals surface area (Å²) in [4.78, 5) is 6.40. The third-order valence-electron chi connectivity index (χ3n) is 6.40. The summed E-state index contributed by atoms with van der Waals surface area (Å²) in [6.45, 7) is 7.81. The van der Waals surface area contributed by atoms with E-state index in [1.165, 1.54) is 17.8 Å². The Morgan fingerprint density at radius 1 is 0.900 bits per heavy atom. The van der Waals surface area contributed by atoms with Crippen LogP contribution < -0.4 is 26.6 Å². The highest BCUT2D eigenvalue weighted by molar-refractivity contribution is 7.91. The number of aryl methyl sites for hydroxylation is 2. The van der Waals surface area contributed by atoms with Crippen molar-refractivity contribution in [1.29, 1.82) is 0 Å². The van der Waals surface area contributed by atoms with E-state index in [9.17, 15) is 8.42 Å². The van der Waals surface area contributed by atoms with Gasteiger partial charge in [-0.15, -0.1) is 10.2 Å². The zero-order valence-corrected chi connectivity index (χ0v) is 24.9. The van der Waals surface area contributed by atoms with Gasteiger partial charge in [0, 0.05) is 24.6 Å². The molecule has 11 nitrogen and oxygen atoms in total. The zero-order valence-electron chi connectivity index (χ0n) is 22.4. The van der Waals surface area contributed by atoms with Crippen molar-refractivity contribution in [2.75, 3.05) is 45.4 Å². The molecule has 1 fully saturated rings. The first-order valence-corrected chi connectivity index (χ1v) is 16.1. The van der Waals surface area contributed by atoms with Gasteiger partial charge >= 0.3 is 0 Å². The SMILES string of the molecule is CCS(=O)(=O)c1nsc(/N=N/c2ccc(NNc3ccc(NNc4ccc(N5CCCC5)s4)cc3C)cc2C)n1. The highest BCUT2D eigenvalue weighted by atomic mass is 32.2. The van der Waals surface area contributed by atoms with E-state index in [1.54, 1.807) is 18.3 Å². The predicted octanol–water partition coefficient (Wildman–Crippen LogP) is 6.90. The lowest BCUT2D eigenvalue weighted by atomic mass is 10.2. The molecule has 2 aromatic carbocycles. The van der Waals surface area contributed by atoms with Crippen LogP contribution in [-0.4, -0.2) is 36.6 Å². The molecule has 1 aliphatic rings. The number of benzene rings is 2. The van der Waals surface area contributed by atoms with E-state index < -0.39 is 9.84 Å². The molecule has 2 aromatic heterocycles. The maximum absolute atomic E-state index is 11.9. The van der Waals surface area contributed by atoms with E-state index >= 15 is 0 Å². The first-order valence-electron chi connectivity index (χ1n) is 12.9. The second kappa shape index (κ2) is 12.2. The minimum Gasteiger partial charge on any atom is -0.363 e. The lowest BCUT2D eigenvalue weighted by Crippen LogP contribution is -2.15. The number of anilines is 5. The van der Waals surface area contributed by atoms with Crippen molar-refractivity contribution in [2.45, 2.75) is 38.8 Å². The fraction of sp³-hybridized carbons (Fsp3) is 0.308. The lowest BCUT2D eigenvalue weighted by Gasteiger charge is -2.15. The van der Waals surface area contributed by atoms with Crippen molar-refractivity contribution >= 4 is 70.6 Å². The van der Waals surface area contributed by atoms with Crippen molar-refractivity contribution in [1.82, 2.24) is 9.36 Å². The standard InChI is InChI=1S/C26H31N9O2S3/c1-4-40(36,37)26-27-25(39-34-26)33-31-22-10-7-19(15-18(22)3)28-30-21-9-8-20(16-17(21)2)29-32-23-11-12-24(38-23)35-13-5-6-14-35/h7-12,15-16,28-30,32H,4-6,13-14H2,1-3H3/b33-31+. The number of hydrogen-bond donors (Lipinski definition) is 4. The average molecular weight is 598 g/mol. The number of azo groups is 1. The van der Waals surface area contributed by atoms with E-state index in [4.69, 9.17) is 0 Å². The number of sulfone groups is 1. The Hall–Kier alpha value is -3.75. The minimum absolute atomic E-state index is 0.0605. The summed E-state index contributed by atoms with van der Waals surface area (Å²) in [6, 6.07) is 16.1. The first-order chi connectivity index (χ1) is 19.3. The molecule has 4 aromatic rings. The van der Waals surface area contributed by atoms with Crippen LogP contribution in [0.3, 0.4) is 0 Å².